The van der Waals surface area contributed by atoms with Gasteiger partial charge in [0.2, 0.25) is 0 Å². The second-order valence-corrected chi connectivity index (χ2v) is 4.22. The van der Waals surface area contributed by atoms with Crippen LogP contribution in [0.25, 0.3) is 0 Å². The minimum Gasteiger partial charge on any atom is -0.385 e. The Labute approximate surface area is 108 Å². The Morgan fingerprint density at radius 2 is 2.06 bits per heavy atom. The van der Waals surface area contributed by atoms with Crippen molar-refractivity contribution in [3.63, 3.8) is 0 Å². The Hall–Kier alpha value is -0.770. The molecule has 1 aromatic rings. The number of anilines is 1. The first-order valence-electron chi connectivity index (χ1n) is 5.81. The summed E-state index contributed by atoms with van der Waals surface area (Å²) >= 11 is 6.09. The molecule has 1 rings (SSSR count). The van der Waals surface area contributed by atoms with E-state index in [2.05, 4.69) is 5.32 Å². The number of hydrogen-bond donors (Lipinski definition) is 1. The fourth-order valence-corrected chi connectivity index (χ4v) is 1.80. The lowest BCUT2D eigenvalue weighted by molar-refractivity contribution is 0.109. The number of halogens is 1. The Bertz CT molecular complexity index is 311. The van der Waals surface area contributed by atoms with E-state index < -0.39 is 0 Å². The van der Waals surface area contributed by atoms with Gasteiger partial charge in [0.1, 0.15) is 0 Å². The third kappa shape index (κ3) is 5.39. The normalized spacial score (nSPS) is 10.5. The molecule has 1 aromatic carbocycles. The van der Waals surface area contributed by atoms with Crippen LogP contribution in [-0.4, -0.2) is 33.5 Å². The molecule has 0 radical (unpaired) electrons. The summed E-state index contributed by atoms with van der Waals surface area (Å²) in [5.74, 6) is 0. The van der Waals surface area contributed by atoms with Gasteiger partial charge >= 0.3 is 0 Å². The van der Waals surface area contributed by atoms with E-state index in [1.54, 1.807) is 7.11 Å². The number of hydrogen-bond acceptors (Lipinski definition) is 3. The molecule has 3 nitrogen and oxygen atoms in total. The lowest BCUT2D eigenvalue weighted by Gasteiger charge is -2.11. The summed E-state index contributed by atoms with van der Waals surface area (Å²) in [6.45, 7) is 4.95. The number of para-hydroxylation sites is 1. The first-order chi connectivity index (χ1) is 8.25. The van der Waals surface area contributed by atoms with Crippen molar-refractivity contribution in [3.05, 3.63) is 28.8 Å². The van der Waals surface area contributed by atoms with Crippen LogP contribution >= 0.6 is 11.6 Å². The van der Waals surface area contributed by atoms with E-state index in [1.807, 2.05) is 25.1 Å². The number of benzene rings is 1. The second kappa shape index (κ2) is 8.34. The van der Waals surface area contributed by atoms with Gasteiger partial charge in [-0.05, 0) is 25.0 Å². The average molecular weight is 258 g/mol. The summed E-state index contributed by atoms with van der Waals surface area (Å²) in [4.78, 5) is 0. The van der Waals surface area contributed by atoms with Gasteiger partial charge < -0.3 is 14.8 Å². The van der Waals surface area contributed by atoms with E-state index in [0.717, 1.165) is 42.5 Å². The van der Waals surface area contributed by atoms with Crippen LogP contribution in [0.3, 0.4) is 0 Å². The monoisotopic (exact) mass is 257 g/mol. The zero-order chi connectivity index (χ0) is 12.5. The third-order valence-corrected chi connectivity index (χ3v) is 2.72. The molecule has 0 unspecified atom stereocenters. The van der Waals surface area contributed by atoms with Crippen molar-refractivity contribution in [2.75, 3.05) is 38.8 Å². The third-order valence-electron chi connectivity index (χ3n) is 2.41. The summed E-state index contributed by atoms with van der Waals surface area (Å²) < 4.78 is 10.4. The number of ether oxygens (including phenoxy) is 2. The van der Waals surface area contributed by atoms with Gasteiger partial charge in [0.05, 0.1) is 17.3 Å². The van der Waals surface area contributed by atoms with Crippen molar-refractivity contribution in [2.24, 2.45) is 0 Å². The minimum atomic E-state index is 0.675. The number of nitrogens with one attached hydrogen (secondary N) is 1. The Morgan fingerprint density at radius 3 is 2.76 bits per heavy atom. The summed E-state index contributed by atoms with van der Waals surface area (Å²) in [5.41, 5.74) is 2.14. The van der Waals surface area contributed by atoms with Gasteiger partial charge in [-0.2, -0.15) is 0 Å². The van der Waals surface area contributed by atoms with Gasteiger partial charge in [-0.25, -0.2) is 0 Å². The van der Waals surface area contributed by atoms with Gasteiger partial charge in [-0.3, -0.25) is 0 Å². The Kier molecular flexibility index (Phi) is 7.01. The molecule has 0 spiro atoms. The van der Waals surface area contributed by atoms with E-state index in [1.165, 1.54) is 0 Å². The average Bonchev–Trinajstić information content (AvgIpc) is 2.31. The summed E-state index contributed by atoms with van der Waals surface area (Å²) in [6, 6.07) is 5.87. The van der Waals surface area contributed by atoms with E-state index in [-0.39, 0.29) is 0 Å². The smallest absolute Gasteiger partial charge is 0.0640 e. The van der Waals surface area contributed by atoms with Crippen LogP contribution in [-0.2, 0) is 9.47 Å². The van der Waals surface area contributed by atoms with Gasteiger partial charge in [0.25, 0.3) is 0 Å². The largest absolute Gasteiger partial charge is 0.385 e. The van der Waals surface area contributed by atoms with E-state index >= 15 is 0 Å². The maximum atomic E-state index is 6.09. The molecule has 0 saturated heterocycles. The van der Waals surface area contributed by atoms with Crippen LogP contribution in [0.15, 0.2) is 18.2 Å². The molecule has 0 saturated carbocycles. The summed E-state index contributed by atoms with van der Waals surface area (Å²) in [7, 11) is 1.70. The predicted molar refractivity (Wildman–Crippen MR) is 72.0 cm³/mol. The van der Waals surface area contributed by atoms with Gasteiger partial charge in [0, 0.05) is 26.9 Å². The molecule has 0 aliphatic heterocycles. The highest BCUT2D eigenvalue weighted by Crippen LogP contribution is 2.24. The minimum absolute atomic E-state index is 0.675. The molecular weight excluding hydrogens is 238 g/mol. The molecule has 0 atom stereocenters. The molecule has 0 aliphatic rings. The summed E-state index contributed by atoms with van der Waals surface area (Å²) in [5, 5.41) is 4.04. The maximum Gasteiger partial charge on any atom is 0.0640 e. The van der Waals surface area contributed by atoms with E-state index in [4.69, 9.17) is 21.1 Å². The Balaban J connectivity index is 2.18. The summed E-state index contributed by atoms with van der Waals surface area (Å²) in [6.07, 6.45) is 0.932. The zero-order valence-electron chi connectivity index (χ0n) is 10.5. The lowest BCUT2D eigenvalue weighted by atomic mass is 10.2. The molecule has 0 amide bonds. The zero-order valence-corrected chi connectivity index (χ0v) is 11.2. The van der Waals surface area contributed by atoms with Crippen LogP contribution in [0.5, 0.6) is 0 Å². The second-order valence-electron chi connectivity index (χ2n) is 3.82. The fourth-order valence-electron chi connectivity index (χ4n) is 1.51. The van der Waals surface area contributed by atoms with Crippen molar-refractivity contribution < 1.29 is 9.47 Å². The van der Waals surface area contributed by atoms with Gasteiger partial charge in [0.15, 0.2) is 0 Å². The highest BCUT2D eigenvalue weighted by molar-refractivity contribution is 6.33. The quantitative estimate of drug-likeness (QED) is 0.726. The van der Waals surface area contributed by atoms with Gasteiger partial charge in [-0.1, -0.05) is 23.7 Å². The number of aryl methyl sites for hydroxylation is 1. The molecule has 0 fully saturated rings. The van der Waals surface area contributed by atoms with Crippen LogP contribution in [0.1, 0.15) is 12.0 Å². The number of rotatable bonds is 8. The highest BCUT2D eigenvalue weighted by atomic mass is 35.5. The molecule has 0 bridgehead atoms. The lowest BCUT2D eigenvalue weighted by Crippen LogP contribution is -2.11. The van der Waals surface area contributed by atoms with Crippen molar-refractivity contribution in [2.45, 2.75) is 13.3 Å². The molecule has 0 aromatic heterocycles. The highest BCUT2D eigenvalue weighted by Gasteiger charge is 2.01. The fraction of sp³-hybridized carbons (Fsp3) is 0.538. The standard InChI is InChI=1S/C13H20ClNO2/c1-11-5-3-6-12(14)13(11)15-7-10-17-9-4-8-16-2/h3,5-6,15H,4,7-10H2,1-2H3. The molecule has 96 valence electrons. The van der Waals surface area contributed by atoms with Crippen molar-refractivity contribution in [1.82, 2.24) is 0 Å². The molecule has 0 aliphatic carbocycles. The van der Waals surface area contributed by atoms with E-state index in [9.17, 15) is 0 Å². The first kappa shape index (κ1) is 14.3. The maximum absolute atomic E-state index is 6.09. The molecule has 4 heteroatoms. The Morgan fingerprint density at radius 1 is 1.24 bits per heavy atom. The molecule has 1 N–H and O–H groups in total. The van der Waals surface area contributed by atoms with Crippen LogP contribution in [0, 0.1) is 6.92 Å². The molecule has 17 heavy (non-hydrogen) atoms. The van der Waals surface area contributed by atoms with E-state index in [0.29, 0.717) is 6.61 Å². The number of methoxy groups -OCH3 is 1. The van der Waals surface area contributed by atoms with Crippen molar-refractivity contribution in [1.29, 1.82) is 0 Å². The van der Waals surface area contributed by atoms with Crippen molar-refractivity contribution >= 4 is 17.3 Å². The molecule has 0 heterocycles. The van der Waals surface area contributed by atoms with Crippen LogP contribution < -0.4 is 5.32 Å². The van der Waals surface area contributed by atoms with Crippen LogP contribution in [0.2, 0.25) is 5.02 Å². The topological polar surface area (TPSA) is 30.5 Å². The van der Waals surface area contributed by atoms with Gasteiger partial charge in [-0.15, -0.1) is 0 Å². The van der Waals surface area contributed by atoms with Crippen LogP contribution in [0.4, 0.5) is 5.69 Å². The van der Waals surface area contributed by atoms with Crippen molar-refractivity contribution in [3.8, 4) is 0 Å². The first-order valence-corrected chi connectivity index (χ1v) is 6.19. The molecular formula is C13H20ClNO2. The predicted octanol–water partition coefficient (Wildman–Crippen LogP) is 3.11. The SMILES string of the molecule is COCCCOCCNc1c(C)cccc1Cl.